The van der Waals surface area contributed by atoms with Crippen LogP contribution in [0.2, 0.25) is 0 Å². The summed E-state index contributed by atoms with van der Waals surface area (Å²) >= 11 is 0. The Labute approximate surface area is 420 Å². The summed E-state index contributed by atoms with van der Waals surface area (Å²) in [6.45, 7) is 3.40. The number of amides is 7. The van der Waals surface area contributed by atoms with Crippen LogP contribution in [0.3, 0.4) is 0 Å². The van der Waals surface area contributed by atoms with Gasteiger partial charge in [0.05, 0.1) is 78.6 Å². The Morgan fingerprint density at radius 2 is 1.60 bits per heavy atom. The second kappa shape index (κ2) is 26.8. The number of unbranched alkanes of at least 4 members (excludes halogenated alkanes) is 3. The van der Waals surface area contributed by atoms with E-state index in [4.69, 9.17) is 10.5 Å². The van der Waals surface area contributed by atoms with Gasteiger partial charge < -0.3 is 67.6 Å². The van der Waals surface area contributed by atoms with Gasteiger partial charge >= 0.3 is 0 Å². The number of aromatic nitrogens is 1. The van der Waals surface area contributed by atoms with Gasteiger partial charge in [-0.3, -0.25) is 47.4 Å². The van der Waals surface area contributed by atoms with Crippen molar-refractivity contribution in [1.29, 1.82) is 0 Å². The van der Waals surface area contributed by atoms with Gasteiger partial charge in [0.25, 0.3) is 0 Å². The van der Waals surface area contributed by atoms with E-state index in [9.17, 15) is 62.7 Å². The number of fused-ring (bicyclic) bond motifs is 5. The van der Waals surface area contributed by atoms with E-state index >= 15 is 0 Å². The molecule has 7 amide bonds. The van der Waals surface area contributed by atoms with Crippen LogP contribution in [-0.2, 0) is 60.4 Å². The van der Waals surface area contributed by atoms with E-state index in [1.54, 1.807) is 32.0 Å². The van der Waals surface area contributed by atoms with E-state index < -0.39 is 175 Å². The highest BCUT2D eigenvalue weighted by molar-refractivity contribution is 7.85. The Bertz CT molecular complexity index is 2350. The number of nitrogens with zero attached hydrogens (tertiary/aromatic N) is 1. The summed E-state index contributed by atoms with van der Waals surface area (Å²) in [6, 6.07) is -1.02. The van der Waals surface area contributed by atoms with Crippen molar-refractivity contribution in [3.63, 3.8) is 0 Å². The zero-order chi connectivity index (χ0) is 52.8. The fourth-order valence-corrected chi connectivity index (χ4v) is 10.7. The number of ketones is 2. The van der Waals surface area contributed by atoms with Crippen molar-refractivity contribution in [2.75, 3.05) is 52.2 Å². The molecule has 0 radical (unpaired) electrons. The number of hydrogen-bond donors (Lipinski definition) is 11. The molecule has 2 bridgehead atoms. The highest BCUT2D eigenvalue weighted by Crippen LogP contribution is 2.33. The largest absolute Gasteiger partial charge is 0.494 e. The molecule has 1 aromatic heterocycles. The number of aromatic amines is 1. The maximum absolute atomic E-state index is 15.0. The fraction of sp³-hybridized carbons (Fsp3) is 0.646. The smallest absolute Gasteiger partial charge is 0.243 e. The predicted octanol–water partition coefficient (Wildman–Crippen LogP) is -2.29. The first-order valence-electron chi connectivity index (χ1n) is 24.6. The number of hydrogen-bond acceptors (Lipinski definition) is 15. The maximum Gasteiger partial charge on any atom is 0.243 e. The van der Waals surface area contributed by atoms with Crippen LogP contribution in [0.4, 0.5) is 0 Å². The molecule has 24 heteroatoms. The molecule has 1 unspecified atom stereocenters. The quantitative estimate of drug-likeness (QED) is 0.0837. The van der Waals surface area contributed by atoms with Crippen molar-refractivity contribution < 1.29 is 67.4 Å². The van der Waals surface area contributed by atoms with Gasteiger partial charge in [-0.25, -0.2) is 0 Å². The third-order valence-corrected chi connectivity index (χ3v) is 15.1. The van der Waals surface area contributed by atoms with Gasteiger partial charge in [-0.05, 0) is 56.5 Å². The molecule has 3 aliphatic rings. The Morgan fingerprint density at radius 1 is 0.903 bits per heavy atom. The lowest BCUT2D eigenvalue weighted by molar-refractivity contribution is -0.145. The Kier molecular flexibility index (Phi) is 21.2. The summed E-state index contributed by atoms with van der Waals surface area (Å²) in [5.41, 5.74) is 6.21. The molecule has 11 atom stereocenters. The average Bonchev–Trinajstić information content (AvgIpc) is 3.92. The second-order valence-corrected chi connectivity index (χ2v) is 20.5. The Balaban J connectivity index is 1.71. The molecule has 398 valence electrons. The molecule has 0 spiro atoms. The van der Waals surface area contributed by atoms with Crippen LogP contribution in [0.5, 0.6) is 5.75 Å². The zero-order valence-electron chi connectivity index (χ0n) is 41.3. The van der Waals surface area contributed by atoms with Crippen molar-refractivity contribution >= 4 is 74.6 Å². The number of Topliss-reactive ketones (excluding diaryl/α,β-unsaturated/α-hetero) is 2. The summed E-state index contributed by atoms with van der Waals surface area (Å²) in [5, 5.41) is 47.9. The van der Waals surface area contributed by atoms with Crippen LogP contribution in [0, 0.1) is 23.7 Å². The minimum atomic E-state index is -2.29. The van der Waals surface area contributed by atoms with Crippen LogP contribution in [-0.4, -0.2) is 171 Å². The van der Waals surface area contributed by atoms with Gasteiger partial charge in [0.15, 0.2) is 11.6 Å². The van der Waals surface area contributed by atoms with E-state index in [-0.39, 0.29) is 23.4 Å². The Hall–Kier alpha value is -5.82. The monoisotopic (exact) mass is 1030 g/mol. The van der Waals surface area contributed by atoms with E-state index in [0.717, 1.165) is 37.1 Å². The number of benzene rings is 1. The van der Waals surface area contributed by atoms with Gasteiger partial charge in [-0.15, -0.1) is 0 Å². The van der Waals surface area contributed by atoms with Gasteiger partial charge in [0.1, 0.15) is 22.9 Å². The molecule has 3 aliphatic heterocycles. The molecule has 23 nitrogen and oxygen atoms in total. The average molecular weight is 1030 g/mol. The molecule has 12 N–H and O–H groups in total. The first-order valence-corrected chi connectivity index (χ1v) is 25.9. The van der Waals surface area contributed by atoms with Gasteiger partial charge in [0, 0.05) is 55.5 Å². The highest BCUT2D eigenvalue weighted by Gasteiger charge is 2.45. The standard InChI is InChI=1S/C48H71N9O14S/c1-5-25(2)42-46(68)52-20-40(64)53-34-24-72(70)47-32(31-11-10-30(19-33(31)54-47)71-13-9-7-6-8-12-50-4)14-27(44(66)51-21-41(65)55-42)15-37(61)43(26(3)38(62)23-58)56-45(67)35-18-29(59)22-57(35)48(69)28(16-36(34)60)17-39(49)63/h10-11,19,25-29,34-35,38,42-43,50,54,58-59,62H,5-9,12-18,20-24H2,1-4H3,(H2,49,63)(H,51,66)(H,52,68)(H,53,64)(H,55,65)(H,56,67)/t25-,26-,27+,28-,29+,34-,35-,38-,42-,43-,72?/m0/s1. The number of carbonyl (C=O) groups excluding carboxylic acids is 9. The fourth-order valence-electron chi connectivity index (χ4n) is 9.29. The number of aliphatic hydroxyl groups is 3. The van der Waals surface area contributed by atoms with Crippen LogP contribution >= 0.6 is 0 Å². The minimum absolute atomic E-state index is 0.0266. The molecule has 2 aromatic rings. The number of nitrogens with one attached hydrogen (secondary N) is 7. The van der Waals surface area contributed by atoms with Crippen LogP contribution in [0.25, 0.3) is 10.9 Å². The van der Waals surface area contributed by atoms with Crippen LogP contribution in [0.15, 0.2) is 23.2 Å². The number of H-pyrrole nitrogens is 1. The molecule has 72 heavy (non-hydrogen) atoms. The summed E-state index contributed by atoms with van der Waals surface area (Å²) in [5.74, 6) is -12.9. The SMILES string of the molecule is CC[C@H](C)[C@@H]1NC(=O)CNC(=O)[C@H]2CC(=O)[C@H]([C@@H](C)[C@@H](O)CO)NC(=O)[C@@H]3C[C@@H](O)CN3C(=O)[C@H](CC(N)=O)CC(=O)[C@H](CS(=O)c3[nH]c4cc(OCCCCCCNC)ccc4c3C2)NC(=O)CNC1=O. The van der Waals surface area contributed by atoms with Crippen LogP contribution < -0.4 is 42.4 Å². The van der Waals surface area contributed by atoms with E-state index in [1.165, 1.54) is 6.92 Å². The number of rotatable bonds is 15. The third-order valence-electron chi connectivity index (χ3n) is 13.7. The number of carbonyl (C=O) groups is 9. The Morgan fingerprint density at radius 3 is 2.28 bits per heavy atom. The molecule has 0 aliphatic carbocycles. The summed E-state index contributed by atoms with van der Waals surface area (Å²) in [4.78, 5) is 130. The number of aliphatic hydroxyl groups excluding tert-OH is 3. The molecule has 1 saturated heterocycles. The van der Waals surface area contributed by atoms with Gasteiger partial charge in [-0.1, -0.05) is 40.0 Å². The predicted molar refractivity (Wildman–Crippen MR) is 261 cm³/mol. The van der Waals surface area contributed by atoms with Crippen LogP contribution in [0.1, 0.15) is 84.1 Å². The molecule has 0 saturated carbocycles. The van der Waals surface area contributed by atoms with Crippen molar-refractivity contribution in [2.24, 2.45) is 29.4 Å². The normalized spacial score (nSPS) is 26.8. The van der Waals surface area contributed by atoms with E-state index in [2.05, 4.69) is 36.9 Å². The third kappa shape index (κ3) is 15.1. The van der Waals surface area contributed by atoms with Gasteiger partial charge in [-0.2, -0.15) is 0 Å². The molecule has 4 heterocycles. The highest BCUT2D eigenvalue weighted by atomic mass is 32.2. The maximum atomic E-state index is 15.0. The molecule has 1 fully saturated rings. The lowest BCUT2D eigenvalue weighted by atomic mass is 9.85. The van der Waals surface area contributed by atoms with Crippen molar-refractivity contribution in [3.05, 3.63) is 23.8 Å². The number of primary amides is 1. The van der Waals surface area contributed by atoms with Crippen molar-refractivity contribution in [3.8, 4) is 5.75 Å². The van der Waals surface area contributed by atoms with E-state index in [0.29, 0.717) is 29.7 Å². The zero-order valence-corrected chi connectivity index (χ0v) is 42.1. The lowest BCUT2D eigenvalue weighted by Crippen LogP contribution is -2.56. The molecular formula is C48H71N9O14S. The minimum Gasteiger partial charge on any atom is -0.494 e. The first-order chi connectivity index (χ1) is 34.3. The second-order valence-electron chi connectivity index (χ2n) is 19.1. The number of nitrogens with two attached hydrogens (primary N) is 1. The summed E-state index contributed by atoms with van der Waals surface area (Å²) < 4.78 is 21.0. The van der Waals surface area contributed by atoms with Crippen molar-refractivity contribution in [2.45, 2.75) is 126 Å². The molecule has 5 rings (SSSR count). The van der Waals surface area contributed by atoms with Gasteiger partial charge in [0.2, 0.25) is 41.4 Å². The lowest BCUT2D eigenvalue weighted by Gasteiger charge is -2.32. The summed E-state index contributed by atoms with van der Waals surface area (Å²) in [7, 11) is -0.402. The molecular weight excluding hydrogens is 959 g/mol. The topological polar surface area (TPSA) is 358 Å². The summed E-state index contributed by atoms with van der Waals surface area (Å²) in [6.07, 6.45) is -1.73. The molecule has 1 aromatic carbocycles. The van der Waals surface area contributed by atoms with E-state index in [1.807, 2.05) is 7.05 Å². The number of ether oxygens (including phenoxy) is 1. The first kappa shape index (κ1) is 57.1. The van der Waals surface area contributed by atoms with Crippen molar-refractivity contribution in [1.82, 2.24) is 41.8 Å².